The van der Waals surface area contributed by atoms with E-state index in [9.17, 15) is 19.5 Å². The molecule has 1 aromatic carbocycles. The van der Waals surface area contributed by atoms with E-state index in [0.717, 1.165) is 32.1 Å². The van der Waals surface area contributed by atoms with Gasteiger partial charge < -0.3 is 15.7 Å². The Hall–Kier alpha value is -2.37. The highest BCUT2D eigenvalue weighted by Gasteiger charge is 2.40. The monoisotopic (exact) mass is 374 g/mol. The maximum Gasteiger partial charge on any atom is 0.335 e. The summed E-state index contributed by atoms with van der Waals surface area (Å²) < 4.78 is 0. The third-order valence-corrected chi connectivity index (χ3v) is 5.21. The predicted molar refractivity (Wildman–Crippen MR) is 104 cm³/mol. The third-order valence-electron chi connectivity index (χ3n) is 5.21. The Kier molecular flexibility index (Phi) is 7.82. The number of aryl methyl sites for hydroxylation is 1. The number of carboxylic acid groups (broad SMARTS) is 1. The van der Waals surface area contributed by atoms with Gasteiger partial charge in [0.15, 0.2) is 0 Å². The highest BCUT2D eigenvalue weighted by Crippen LogP contribution is 2.29. The fraction of sp³-hybridized carbons (Fsp3) is 0.571. The van der Waals surface area contributed by atoms with Gasteiger partial charge in [-0.25, -0.2) is 4.79 Å². The van der Waals surface area contributed by atoms with Gasteiger partial charge in [-0.2, -0.15) is 0 Å². The first-order valence-corrected chi connectivity index (χ1v) is 9.89. The summed E-state index contributed by atoms with van der Waals surface area (Å²) in [7, 11) is 0. The average Bonchev–Trinajstić information content (AvgIpc) is 2.67. The summed E-state index contributed by atoms with van der Waals surface area (Å²) in [6.45, 7) is 2.69. The number of nitrogens with one attached hydrogen (secondary N) is 2. The lowest BCUT2D eigenvalue weighted by atomic mass is 9.80. The van der Waals surface area contributed by atoms with E-state index in [4.69, 9.17) is 0 Å². The minimum atomic E-state index is -0.995. The first-order valence-electron chi connectivity index (χ1n) is 9.89. The van der Waals surface area contributed by atoms with Crippen LogP contribution in [-0.2, 0) is 16.0 Å². The molecule has 0 unspecified atom stereocenters. The molecule has 0 aliphatic heterocycles. The van der Waals surface area contributed by atoms with Crippen LogP contribution in [0.25, 0.3) is 0 Å². The maximum absolute atomic E-state index is 12.7. The molecular weight excluding hydrogens is 344 g/mol. The van der Waals surface area contributed by atoms with Crippen LogP contribution in [0.4, 0.5) is 0 Å². The number of unbranched alkanes of at least 4 members (excludes halogenated alkanes) is 1. The Labute approximate surface area is 160 Å². The zero-order chi connectivity index (χ0) is 19.7. The molecule has 0 heterocycles. The van der Waals surface area contributed by atoms with Crippen molar-refractivity contribution in [1.82, 2.24) is 10.6 Å². The molecule has 6 nitrogen and oxygen atoms in total. The molecule has 2 amide bonds. The molecule has 1 aromatic rings. The molecule has 2 rings (SSSR count). The van der Waals surface area contributed by atoms with Gasteiger partial charge in [-0.1, -0.05) is 50.8 Å². The second kappa shape index (κ2) is 10.1. The third kappa shape index (κ3) is 5.81. The normalized spacial score (nSPS) is 15.7. The molecule has 148 valence electrons. The van der Waals surface area contributed by atoms with Crippen molar-refractivity contribution in [1.29, 1.82) is 0 Å². The number of benzene rings is 1. The molecule has 0 saturated heterocycles. The van der Waals surface area contributed by atoms with E-state index in [0.29, 0.717) is 31.4 Å². The number of carbonyl (C=O) groups is 3. The second-order valence-electron chi connectivity index (χ2n) is 7.26. The van der Waals surface area contributed by atoms with Gasteiger partial charge in [-0.3, -0.25) is 9.59 Å². The van der Waals surface area contributed by atoms with Crippen LogP contribution in [0, 0.1) is 0 Å². The van der Waals surface area contributed by atoms with Gasteiger partial charge in [0.2, 0.25) is 11.8 Å². The topological polar surface area (TPSA) is 95.5 Å². The summed E-state index contributed by atoms with van der Waals surface area (Å²) in [5.41, 5.74) is 0.0234. The van der Waals surface area contributed by atoms with Crippen molar-refractivity contribution in [3.63, 3.8) is 0 Å². The molecule has 0 aromatic heterocycles. The molecule has 1 aliphatic rings. The second-order valence-corrected chi connectivity index (χ2v) is 7.26. The van der Waals surface area contributed by atoms with Crippen LogP contribution in [-0.4, -0.2) is 35.0 Å². The van der Waals surface area contributed by atoms with Gasteiger partial charge in [0.1, 0.15) is 5.54 Å². The van der Waals surface area contributed by atoms with Gasteiger partial charge in [0, 0.05) is 13.0 Å². The molecule has 0 bridgehead atoms. The van der Waals surface area contributed by atoms with Crippen LogP contribution in [0.1, 0.15) is 74.2 Å². The minimum absolute atomic E-state index is 0.0880. The van der Waals surface area contributed by atoms with Crippen molar-refractivity contribution in [2.45, 2.75) is 70.3 Å². The highest BCUT2D eigenvalue weighted by molar-refractivity contribution is 5.92. The summed E-state index contributed by atoms with van der Waals surface area (Å²) in [5.74, 6) is -1.29. The summed E-state index contributed by atoms with van der Waals surface area (Å²) in [4.78, 5) is 36.6. The molecule has 0 radical (unpaired) electrons. The van der Waals surface area contributed by atoms with Gasteiger partial charge in [-0.05, 0) is 37.3 Å². The van der Waals surface area contributed by atoms with Crippen LogP contribution in [0.5, 0.6) is 0 Å². The summed E-state index contributed by atoms with van der Waals surface area (Å²) in [6, 6.07) is 6.71. The van der Waals surface area contributed by atoms with Crippen molar-refractivity contribution in [3.8, 4) is 0 Å². The van der Waals surface area contributed by atoms with E-state index in [-0.39, 0.29) is 23.8 Å². The SMILES string of the molecule is CCCCNC(=O)C1(NC(=O)CCc2ccccc2C(=O)O)CCCCC1. The first kappa shape index (κ1) is 20.9. The van der Waals surface area contributed by atoms with E-state index in [1.165, 1.54) is 0 Å². The quantitative estimate of drug-likeness (QED) is 0.579. The molecular formula is C21H30N2O4. The number of carbonyl (C=O) groups excluding carboxylic acids is 2. The number of aromatic carboxylic acids is 1. The van der Waals surface area contributed by atoms with E-state index in [2.05, 4.69) is 17.6 Å². The Morgan fingerprint density at radius 3 is 2.48 bits per heavy atom. The van der Waals surface area contributed by atoms with Crippen LogP contribution in [0.2, 0.25) is 0 Å². The van der Waals surface area contributed by atoms with Crippen molar-refractivity contribution in [3.05, 3.63) is 35.4 Å². The average molecular weight is 374 g/mol. The van der Waals surface area contributed by atoms with E-state index < -0.39 is 11.5 Å². The lowest BCUT2D eigenvalue weighted by Gasteiger charge is -2.36. The number of rotatable bonds is 9. The Bertz CT molecular complexity index is 666. The van der Waals surface area contributed by atoms with Crippen molar-refractivity contribution >= 4 is 17.8 Å². The number of hydrogen-bond donors (Lipinski definition) is 3. The molecule has 27 heavy (non-hydrogen) atoms. The minimum Gasteiger partial charge on any atom is -0.478 e. The fourth-order valence-corrected chi connectivity index (χ4v) is 3.64. The van der Waals surface area contributed by atoms with Crippen LogP contribution in [0.15, 0.2) is 24.3 Å². The van der Waals surface area contributed by atoms with Gasteiger partial charge in [-0.15, -0.1) is 0 Å². The van der Waals surface area contributed by atoms with Crippen LogP contribution in [0.3, 0.4) is 0 Å². The Balaban J connectivity index is 1.99. The Morgan fingerprint density at radius 1 is 1.11 bits per heavy atom. The summed E-state index contributed by atoms with van der Waals surface area (Å²) >= 11 is 0. The molecule has 0 spiro atoms. The Morgan fingerprint density at radius 2 is 1.81 bits per heavy atom. The molecule has 1 fully saturated rings. The van der Waals surface area contributed by atoms with Crippen molar-refractivity contribution in [2.24, 2.45) is 0 Å². The van der Waals surface area contributed by atoms with Crippen LogP contribution >= 0.6 is 0 Å². The number of carboxylic acids is 1. The van der Waals surface area contributed by atoms with Gasteiger partial charge in [0.05, 0.1) is 5.56 Å². The molecule has 1 aliphatic carbocycles. The predicted octanol–water partition coefficient (Wildman–Crippen LogP) is 3.05. The zero-order valence-corrected chi connectivity index (χ0v) is 16.1. The molecule has 3 N–H and O–H groups in total. The molecule has 1 saturated carbocycles. The highest BCUT2D eigenvalue weighted by atomic mass is 16.4. The summed E-state index contributed by atoms with van der Waals surface area (Å²) in [6.07, 6.45) is 6.64. The molecule has 0 atom stereocenters. The van der Waals surface area contributed by atoms with E-state index >= 15 is 0 Å². The number of hydrogen-bond acceptors (Lipinski definition) is 3. The van der Waals surface area contributed by atoms with Gasteiger partial charge in [0.25, 0.3) is 0 Å². The fourth-order valence-electron chi connectivity index (χ4n) is 3.64. The van der Waals surface area contributed by atoms with Gasteiger partial charge >= 0.3 is 5.97 Å². The first-order chi connectivity index (χ1) is 13.0. The van der Waals surface area contributed by atoms with Crippen LogP contribution < -0.4 is 10.6 Å². The van der Waals surface area contributed by atoms with E-state index in [1.54, 1.807) is 24.3 Å². The lowest BCUT2D eigenvalue weighted by molar-refractivity contribution is -0.135. The largest absolute Gasteiger partial charge is 0.478 e. The van der Waals surface area contributed by atoms with Crippen molar-refractivity contribution < 1.29 is 19.5 Å². The molecule has 6 heteroatoms. The van der Waals surface area contributed by atoms with Crippen molar-refractivity contribution in [2.75, 3.05) is 6.54 Å². The lowest BCUT2D eigenvalue weighted by Crippen LogP contribution is -2.59. The standard InChI is InChI=1S/C21H30N2O4/c1-2-3-15-22-20(27)21(13-7-4-8-14-21)23-18(24)12-11-16-9-5-6-10-17(16)19(25)26/h5-6,9-10H,2-4,7-8,11-15H2,1H3,(H,22,27)(H,23,24)(H,25,26). The smallest absolute Gasteiger partial charge is 0.335 e. The maximum atomic E-state index is 12.7. The summed E-state index contributed by atoms with van der Waals surface area (Å²) in [5, 5.41) is 15.2. The zero-order valence-electron chi connectivity index (χ0n) is 16.1. The number of amides is 2. The van der Waals surface area contributed by atoms with E-state index in [1.807, 2.05) is 0 Å².